The summed E-state index contributed by atoms with van der Waals surface area (Å²) in [6.45, 7) is 3.94. The van der Waals surface area contributed by atoms with Crippen molar-refractivity contribution < 1.29 is 13.2 Å². The van der Waals surface area contributed by atoms with E-state index in [1.807, 2.05) is 18.2 Å². The van der Waals surface area contributed by atoms with Crippen LogP contribution in [0.5, 0.6) is 5.75 Å². The molecule has 1 rings (SSSR count). The first kappa shape index (κ1) is 14.0. The van der Waals surface area contributed by atoms with Crippen molar-refractivity contribution in [3.63, 3.8) is 0 Å². The number of sulfonamides is 1. The Labute approximate surface area is 103 Å². The van der Waals surface area contributed by atoms with Gasteiger partial charge in [-0.15, -0.1) is 0 Å². The van der Waals surface area contributed by atoms with Gasteiger partial charge in [0.05, 0.1) is 12.9 Å². The van der Waals surface area contributed by atoms with Gasteiger partial charge in [0.25, 0.3) is 0 Å². The van der Waals surface area contributed by atoms with Gasteiger partial charge in [0.1, 0.15) is 5.75 Å². The summed E-state index contributed by atoms with van der Waals surface area (Å²) in [4.78, 5) is 0. The van der Waals surface area contributed by atoms with Crippen LogP contribution >= 0.6 is 0 Å². The number of hydrogen-bond donors (Lipinski definition) is 1. The molecule has 0 atom stereocenters. The Morgan fingerprint density at radius 1 is 1.29 bits per heavy atom. The quantitative estimate of drug-likeness (QED) is 0.844. The van der Waals surface area contributed by atoms with Crippen molar-refractivity contribution in [1.29, 1.82) is 0 Å². The third-order valence-electron chi connectivity index (χ3n) is 2.62. The third kappa shape index (κ3) is 4.02. The van der Waals surface area contributed by atoms with Crippen LogP contribution in [-0.2, 0) is 23.0 Å². The maximum Gasteiger partial charge on any atom is 0.211 e. The molecule has 0 spiro atoms. The van der Waals surface area contributed by atoms with Crippen molar-refractivity contribution >= 4 is 10.0 Å². The highest BCUT2D eigenvalue weighted by molar-refractivity contribution is 7.89. The molecule has 1 N–H and O–H groups in total. The normalized spacial score (nSPS) is 11.5. The van der Waals surface area contributed by atoms with E-state index in [9.17, 15) is 8.42 Å². The van der Waals surface area contributed by atoms with Gasteiger partial charge in [-0.1, -0.05) is 19.1 Å². The van der Waals surface area contributed by atoms with Crippen molar-refractivity contribution in [2.24, 2.45) is 0 Å². The Morgan fingerprint density at radius 3 is 2.53 bits per heavy atom. The number of rotatable bonds is 6. The number of methoxy groups -OCH3 is 1. The fraction of sp³-hybridized carbons (Fsp3) is 0.500. The number of benzene rings is 1. The van der Waals surface area contributed by atoms with Crippen LogP contribution in [0.3, 0.4) is 0 Å². The average Bonchev–Trinajstić information content (AvgIpc) is 2.36. The highest BCUT2D eigenvalue weighted by Gasteiger charge is 2.09. The summed E-state index contributed by atoms with van der Waals surface area (Å²) >= 11 is 0. The molecule has 0 radical (unpaired) electrons. The maximum atomic E-state index is 11.4. The molecule has 5 heteroatoms. The van der Waals surface area contributed by atoms with Gasteiger partial charge in [-0.25, -0.2) is 13.1 Å². The standard InChI is InChI=1S/C12H19NO3S/c1-4-10-6-7-12(16-3)11(8-10)9-13-17(14,15)5-2/h6-8,13H,4-5,9H2,1-3H3. The van der Waals surface area contributed by atoms with Crippen LogP contribution < -0.4 is 9.46 Å². The lowest BCUT2D eigenvalue weighted by molar-refractivity contribution is 0.409. The van der Waals surface area contributed by atoms with Crippen LogP contribution in [0.15, 0.2) is 18.2 Å². The Bertz CT molecular complexity index is 469. The zero-order chi connectivity index (χ0) is 12.9. The highest BCUT2D eigenvalue weighted by Crippen LogP contribution is 2.20. The van der Waals surface area contributed by atoms with Gasteiger partial charge in [0.15, 0.2) is 0 Å². The van der Waals surface area contributed by atoms with E-state index in [0.29, 0.717) is 5.75 Å². The van der Waals surface area contributed by atoms with Crippen LogP contribution in [0, 0.1) is 0 Å². The topological polar surface area (TPSA) is 55.4 Å². The highest BCUT2D eigenvalue weighted by atomic mass is 32.2. The van der Waals surface area contributed by atoms with E-state index in [1.54, 1.807) is 14.0 Å². The van der Waals surface area contributed by atoms with E-state index in [-0.39, 0.29) is 12.3 Å². The van der Waals surface area contributed by atoms with Gasteiger partial charge in [-0.05, 0) is 25.0 Å². The molecular weight excluding hydrogens is 238 g/mol. The molecule has 0 bridgehead atoms. The summed E-state index contributed by atoms with van der Waals surface area (Å²) in [6.07, 6.45) is 0.914. The Kier molecular flexibility index (Phi) is 4.96. The minimum absolute atomic E-state index is 0.0861. The fourth-order valence-electron chi connectivity index (χ4n) is 1.48. The second-order valence-electron chi connectivity index (χ2n) is 3.72. The average molecular weight is 257 g/mol. The first-order valence-electron chi connectivity index (χ1n) is 5.65. The minimum Gasteiger partial charge on any atom is -0.496 e. The monoisotopic (exact) mass is 257 g/mol. The lowest BCUT2D eigenvalue weighted by Gasteiger charge is -2.11. The summed E-state index contributed by atoms with van der Waals surface area (Å²) in [7, 11) is -1.59. The Morgan fingerprint density at radius 2 is 2.00 bits per heavy atom. The number of aryl methyl sites for hydroxylation is 1. The maximum absolute atomic E-state index is 11.4. The Hall–Kier alpha value is -1.07. The van der Waals surface area contributed by atoms with E-state index in [1.165, 1.54) is 0 Å². The van der Waals surface area contributed by atoms with Crippen molar-refractivity contribution in [3.05, 3.63) is 29.3 Å². The first-order chi connectivity index (χ1) is 8.02. The molecule has 1 aromatic carbocycles. The lowest BCUT2D eigenvalue weighted by atomic mass is 10.1. The van der Waals surface area contributed by atoms with Gasteiger partial charge in [-0.3, -0.25) is 0 Å². The van der Waals surface area contributed by atoms with Crippen LogP contribution in [0.4, 0.5) is 0 Å². The van der Waals surface area contributed by atoms with Crippen molar-refractivity contribution in [1.82, 2.24) is 4.72 Å². The molecule has 0 aliphatic carbocycles. The smallest absolute Gasteiger partial charge is 0.211 e. The van der Waals surface area contributed by atoms with Crippen LogP contribution in [0.25, 0.3) is 0 Å². The van der Waals surface area contributed by atoms with E-state index in [4.69, 9.17) is 4.74 Å². The molecule has 0 amide bonds. The first-order valence-corrected chi connectivity index (χ1v) is 7.30. The van der Waals surface area contributed by atoms with Crippen LogP contribution in [0.1, 0.15) is 25.0 Å². The fourth-order valence-corrected chi connectivity index (χ4v) is 2.06. The molecule has 0 aliphatic rings. The van der Waals surface area contributed by atoms with Gasteiger partial charge in [0, 0.05) is 12.1 Å². The molecule has 0 unspecified atom stereocenters. The molecule has 96 valence electrons. The second-order valence-corrected chi connectivity index (χ2v) is 5.82. The van der Waals surface area contributed by atoms with Crippen molar-refractivity contribution in [3.8, 4) is 5.75 Å². The largest absolute Gasteiger partial charge is 0.496 e. The molecule has 0 saturated carbocycles. The lowest BCUT2D eigenvalue weighted by Crippen LogP contribution is -2.25. The Balaban J connectivity index is 2.88. The molecule has 0 aliphatic heterocycles. The third-order valence-corrected chi connectivity index (χ3v) is 3.96. The van der Waals surface area contributed by atoms with Gasteiger partial charge < -0.3 is 4.74 Å². The summed E-state index contributed by atoms with van der Waals surface area (Å²) in [5.74, 6) is 0.795. The van der Waals surface area contributed by atoms with E-state index >= 15 is 0 Å². The molecule has 17 heavy (non-hydrogen) atoms. The molecule has 0 fully saturated rings. The van der Waals surface area contributed by atoms with Gasteiger partial charge in [0.2, 0.25) is 10.0 Å². The zero-order valence-corrected chi connectivity index (χ0v) is 11.3. The molecule has 4 nitrogen and oxygen atoms in total. The summed E-state index contributed by atoms with van der Waals surface area (Å²) in [6, 6.07) is 5.82. The SMILES string of the molecule is CCc1ccc(OC)c(CNS(=O)(=O)CC)c1. The van der Waals surface area contributed by atoms with Crippen LogP contribution in [-0.4, -0.2) is 21.3 Å². The van der Waals surface area contributed by atoms with E-state index in [0.717, 1.165) is 17.5 Å². The summed E-state index contributed by atoms with van der Waals surface area (Å²) in [5.41, 5.74) is 2.03. The molecule has 0 aromatic heterocycles. The summed E-state index contributed by atoms with van der Waals surface area (Å²) in [5, 5.41) is 0. The van der Waals surface area contributed by atoms with Crippen LogP contribution in [0.2, 0.25) is 0 Å². The number of nitrogens with one attached hydrogen (secondary N) is 1. The molecular formula is C12H19NO3S. The predicted molar refractivity (Wildman–Crippen MR) is 68.7 cm³/mol. The molecule has 1 aromatic rings. The van der Waals surface area contributed by atoms with E-state index in [2.05, 4.69) is 11.6 Å². The summed E-state index contributed by atoms with van der Waals surface area (Å²) < 4.78 is 30.5. The molecule has 0 saturated heterocycles. The zero-order valence-electron chi connectivity index (χ0n) is 10.5. The minimum atomic E-state index is -3.17. The van der Waals surface area contributed by atoms with Crippen molar-refractivity contribution in [2.75, 3.05) is 12.9 Å². The van der Waals surface area contributed by atoms with Gasteiger partial charge in [-0.2, -0.15) is 0 Å². The second kappa shape index (κ2) is 6.02. The number of hydrogen-bond acceptors (Lipinski definition) is 3. The predicted octanol–water partition coefficient (Wildman–Crippen LogP) is 1.70. The van der Waals surface area contributed by atoms with Gasteiger partial charge >= 0.3 is 0 Å². The van der Waals surface area contributed by atoms with Crippen molar-refractivity contribution in [2.45, 2.75) is 26.8 Å². The van der Waals surface area contributed by atoms with E-state index < -0.39 is 10.0 Å². The number of ether oxygens (including phenoxy) is 1. The molecule has 0 heterocycles.